The monoisotopic (exact) mass is 505 g/mol. The van der Waals surface area contributed by atoms with Crippen molar-refractivity contribution in [3.63, 3.8) is 0 Å². The highest BCUT2D eigenvalue weighted by atomic mass is 35.5. The SMILES string of the molecule is CN(C)c1ccc(NC(=O)c2ccco2)cc1CN(Cc1cccc(F)c1)C(=O)c1ccccc1Cl. The molecule has 1 heterocycles. The fourth-order valence-electron chi connectivity index (χ4n) is 3.89. The minimum absolute atomic E-state index is 0.164. The van der Waals surface area contributed by atoms with Crippen LogP contribution >= 0.6 is 11.6 Å². The Hall–Kier alpha value is -4.10. The number of carbonyl (C=O) groups is 2. The van der Waals surface area contributed by atoms with Crippen LogP contribution < -0.4 is 10.2 Å². The minimum Gasteiger partial charge on any atom is -0.459 e. The lowest BCUT2D eigenvalue weighted by molar-refractivity contribution is 0.0730. The van der Waals surface area contributed by atoms with Crippen LogP contribution in [0.5, 0.6) is 0 Å². The number of hydrogen-bond acceptors (Lipinski definition) is 4. The predicted molar refractivity (Wildman–Crippen MR) is 139 cm³/mol. The summed E-state index contributed by atoms with van der Waals surface area (Å²) in [5, 5.41) is 3.16. The summed E-state index contributed by atoms with van der Waals surface area (Å²) in [6.45, 7) is 0.357. The lowest BCUT2D eigenvalue weighted by Crippen LogP contribution is -2.31. The first kappa shape index (κ1) is 25.0. The van der Waals surface area contributed by atoms with Gasteiger partial charge >= 0.3 is 0 Å². The number of nitrogens with zero attached hydrogens (tertiary/aromatic N) is 2. The summed E-state index contributed by atoms with van der Waals surface area (Å²) < 4.78 is 19.1. The molecule has 0 aliphatic heterocycles. The Balaban J connectivity index is 1.69. The molecule has 4 aromatic rings. The highest BCUT2D eigenvalue weighted by Gasteiger charge is 2.21. The molecule has 184 valence electrons. The van der Waals surface area contributed by atoms with Crippen LogP contribution in [0.2, 0.25) is 5.02 Å². The van der Waals surface area contributed by atoms with E-state index >= 15 is 0 Å². The molecule has 0 saturated heterocycles. The van der Waals surface area contributed by atoms with Crippen LogP contribution in [0.4, 0.5) is 15.8 Å². The number of carbonyl (C=O) groups excluding carboxylic acids is 2. The van der Waals surface area contributed by atoms with Gasteiger partial charge in [0, 0.05) is 38.6 Å². The third-order valence-electron chi connectivity index (χ3n) is 5.58. The molecular weight excluding hydrogens is 481 g/mol. The van der Waals surface area contributed by atoms with Gasteiger partial charge in [0.1, 0.15) is 5.82 Å². The minimum atomic E-state index is -0.382. The molecule has 0 aliphatic carbocycles. The molecule has 8 heteroatoms. The zero-order valence-electron chi connectivity index (χ0n) is 19.9. The number of amides is 2. The van der Waals surface area contributed by atoms with Crippen LogP contribution in [-0.2, 0) is 13.1 Å². The number of nitrogens with one attached hydrogen (secondary N) is 1. The summed E-state index contributed by atoms with van der Waals surface area (Å²) in [6.07, 6.45) is 1.43. The second kappa shape index (κ2) is 11.1. The van der Waals surface area contributed by atoms with E-state index in [1.54, 1.807) is 59.5 Å². The summed E-state index contributed by atoms with van der Waals surface area (Å²) in [4.78, 5) is 29.6. The van der Waals surface area contributed by atoms with Gasteiger partial charge in [0.25, 0.3) is 11.8 Å². The topological polar surface area (TPSA) is 65.8 Å². The summed E-state index contributed by atoms with van der Waals surface area (Å²) in [7, 11) is 3.79. The third-order valence-corrected chi connectivity index (χ3v) is 5.91. The van der Waals surface area contributed by atoms with E-state index in [1.165, 1.54) is 18.4 Å². The Morgan fingerprint density at radius 2 is 1.75 bits per heavy atom. The van der Waals surface area contributed by atoms with Gasteiger partial charge in [0.15, 0.2) is 5.76 Å². The van der Waals surface area contributed by atoms with Crippen LogP contribution in [-0.4, -0.2) is 30.8 Å². The lowest BCUT2D eigenvalue weighted by atomic mass is 10.1. The molecule has 4 rings (SSSR count). The molecular formula is C28H25ClFN3O3. The summed E-state index contributed by atoms with van der Waals surface area (Å²) in [5.41, 5.74) is 3.19. The standard InChI is InChI=1S/C28H25ClFN3O3/c1-32(2)25-13-12-22(31-27(34)26-11-6-14-36-26)16-20(25)18-33(17-19-7-5-8-21(30)15-19)28(35)23-9-3-4-10-24(23)29/h3-16H,17-18H2,1-2H3,(H,31,34). The Morgan fingerprint density at radius 1 is 0.944 bits per heavy atom. The molecule has 1 N–H and O–H groups in total. The molecule has 0 atom stereocenters. The fourth-order valence-corrected chi connectivity index (χ4v) is 4.11. The van der Waals surface area contributed by atoms with Crippen LogP contribution in [0.15, 0.2) is 89.5 Å². The predicted octanol–water partition coefficient (Wildman–Crippen LogP) is 6.23. The van der Waals surface area contributed by atoms with Crippen molar-refractivity contribution in [3.05, 3.63) is 118 Å². The number of hydrogen-bond donors (Lipinski definition) is 1. The van der Waals surface area contributed by atoms with Crippen molar-refractivity contribution in [2.24, 2.45) is 0 Å². The fraction of sp³-hybridized carbons (Fsp3) is 0.143. The van der Waals surface area contributed by atoms with Crippen LogP contribution in [0.25, 0.3) is 0 Å². The normalized spacial score (nSPS) is 10.7. The molecule has 2 amide bonds. The average molecular weight is 506 g/mol. The van der Waals surface area contributed by atoms with Crippen molar-refractivity contribution in [3.8, 4) is 0 Å². The van der Waals surface area contributed by atoms with Crippen molar-refractivity contribution >= 4 is 34.8 Å². The third kappa shape index (κ3) is 5.93. The molecule has 0 aliphatic rings. The molecule has 6 nitrogen and oxygen atoms in total. The van der Waals surface area contributed by atoms with Crippen LogP contribution in [0, 0.1) is 5.82 Å². The Bertz CT molecular complexity index is 1370. The van der Waals surface area contributed by atoms with Gasteiger partial charge in [-0.05, 0) is 65.7 Å². The maximum absolute atomic E-state index is 13.9. The van der Waals surface area contributed by atoms with E-state index in [4.69, 9.17) is 16.0 Å². The van der Waals surface area contributed by atoms with Crippen LogP contribution in [0.1, 0.15) is 32.0 Å². The van der Waals surface area contributed by atoms with E-state index in [1.807, 2.05) is 31.1 Å². The van der Waals surface area contributed by atoms with Gasteiger partial charge in [0.2, 0.25) is 0 Å². The smallest absolute Gasteiger partial charge is 0.291 e. The average Bonchev–Trinajstić information content (AvgIpc) is 3.39. The van der Waals surface area contributed by atoms with Gasteiger partial charge in [-0.25, -0.2) is 4.39 Å². The number of furan rings is 1. The Kier molecular flexibility index (Phi) is 7.71. The van der Waals surface area contributed by atoms with E-state index in [-0.39, 0.29) is 36.5 Å². The van der Waals surface area contributed by atoms with Gasteiger partial charge in [-0.1, -0.05) is 35.9 Å². The highest BCUT2D eigenvalue weighted by molar-refractivity contribution is 6.33. The van der Waals surface area contributed by atoms with Gasteiger partial charge < -0.3 is 19.5 Å². The summed E-state index contributed by atoms with van der Waals surface area (Å²) in [6, 6.07) is 21.6. The summed E-state index contributed by atoms with van der Waals surface area (Å²) in [5.74, 6) is -0.865. The van der Waals surface area contributed by atoms with Gasteiger partial charge in [-0.3, -0.25) is 9.59 Å². The Labute approximate surface area is 213 Å². The van der Waals surface area contributed by atoms with E-state index in [0.717, 1.165) is 11.3 Å². The maximum atomic E-state index is 13.9. The van der Waals surface area contributed by atoms with Gasteiger partial charge in [0.05, 0.1) is 16.8 Å². The molecule has 0 fully saturated rings. The highest BCUT2D eigenvalue weighted by Crippen LogP contribution is 2.27. The molecule has 0 unspecified atom stereocenters. The van der Waals surface area contributed by atoms with Gasteiger partial charge in [-0.15, -0.1) is 0 Å². The second-order valence-corrected chi connectivity index (χ2v) is 8.85. The second-order valence-electron chi connectivity index (χ2n) is 8.44. The lowest BCUT2D eigenvalue weighted by Gasteiger charge is -2.27. The Morgan fingerprint density at radius 3 is 2.44 bits per heavy atom. The number of benzene rings is 3. The molecule has 3 aromatic carbocycles. The first-order valence-corrected chi connectivity index (χ1v) is 11.6. The van der Waals surface area contributed by atoms with Crippen LogP contribution in [0.3, 0.4) is 0 Å². The maximum Gasteiger partial charge on any atom is 0.291 e. The zero-order valence-corrected chi connectivity index (χ0v) is 20.6. The summed E-state index contributed by atoms with van der Waals surface area (Å²) >= 11 is 6.34. The van der Waals surface area contributed by atoms with Crippen molar-refractivity contribution in [2.45, 2.75) is 13.1 Å². The quantitative estimate of drug-likeness (QED) is 0.308. The van der Waals surface area contributed by atoms with Crippen molar-refractivity contribution < 1.29 is 18.4 Å². The van der Waals surface area contributed by atoms with E-state index in [0.29, 0.717) is 21.8 Å². The van der Waals surface area contributed by atoms with E-state index < -0.39 is 0 Å². The molecule has 0 spiro atoms. The van der Waals surface area contributed by atoms with Crippen molar-refractivity contribution in [2.75, 3.05) is 24.3 Å². The molecule has 0 radical (unpaired) electrons. The number of anilines is 2. The van der Waals surface area contributed by atoms with Crippen molar-refractivity contribution in [1.82, 2.24) is 4.90 Å². The molecule has 1 aromatic heterocycles. The first-order valence-electron chi connectivity index (χ1n) is 11.2. The largest absolute Gasteiger partial charge is 0.459 e. The van der Waals surface area contributed by atoms with E-state index in [2.05, 4.69) is 5.32 Å². The molecule has 0 saturated carbocycles. The van der Waals surface area contributed by atoms with E-state index in [9.17, 15) is 14.0 Å². The zero-order chi connectivity index (χ0) is 25.7. The molecule has 36 heavy (non-hydrogen) atoms. The number of rotatable bonds is 8. The van der Waals surface area contributed by atoms with Crippen molar-refractivity contribution in [1.29, 1.82) is 0 Å². The number of halogens is 2. The van der Waals surface area contributed by atoms with Gasteiger partial charge in [-0.2, -0.15) is 0 Å². The molecule has 0 bridgehead atoms. The first-order chi connectivity index (χ1) is 17.3.